The van der Waals surface area contributed by atoms with Crippen LogP contribution in [0, 0.1) is 6.92 Å². The summed E-state index contributed by atoms with van der Waals surface area (Å²) in [6.07, 6.45) is 2.19. The van der Waals surface area contributed by atoms with Crippen molar-refractivity contribution in [3.63, 3.8) is 0 Å². The molecule has 0 aliphatic heterocycles. The van der Waals surface area contributed by atoms with E-state index in [9.17, 15) is 4.79 Å². The SMILES string of the molecule is CCCCOCCn1c(C)ccc(CN)c1=O. The number of nitrogens with two attached hydrogens (primary N) is 1. The van der Waals surface area contributed by atoms with Crippen LogP contribution in [0.25, 0.3) is 0 Å². The molecule has 1 heterocycles. The lowest BCUT2D eigenvalue weighted by molar-refractivity contribution is 0.122. The van der Waals surface area contributed by atoms with Crippen molar-refractivity contribution in [3.05, 3.63) is 33.7 Å². The van der Waals surface area contributed by atoms with Crippen LogP contribution in [-0.2, 0) is 17.8 Å². The van der Waals surface area contributed by atoms with E-state index in [-0.39, 0.29) is 12.1 Å². The highest BCUT2D eigenvalue weighted by molar-refractivity contribution is 5.15. The summed E-state index contributed by atoms with van der Waals surface area (Å²) in [5, 5.41) is 0. The molecule has 4 nitrogen and oxygen atoms in total. The molecule has 0 saturated carbocycles. The van der Waals surface area contributed by atoms with Gasteiger partial charge in [-0.1, -0.05) is 19.4 Å². The largest absolute Gasteiger partial charge is 0.380 e. The average molecular weight is 238 g/mol. The summed E-state index contributed by atoms with van der Waals surface area (Å²) in [7, 11) is 0. The fourth-order valence-corrected chi connectivity index (χ4v) is 1.65. The monoisotopic (exact) mass is 238 g/mol. The van der Waals surface area contributed by atoms with Crippen molar-refractivity contribution in [1.29, 1.82) is 0 Å². The standard InChI is InChI=1S/C13H22N2O2/c1-3-4-8-17-9-7-15-11(2)5-6-12(10-14)13(15)16/h5-6H,3-4,7-10,14H2,1-2H3. The molecule has 0 aliphatic rings. The Hall–Kier alpha value is -1.13. The van der Waals surface area contributed by atoms with E-state index >= 15 is 0 Å². The summed E-state index contributed by atoms with van der Waals surface area (Å²) in [5.74, 6) is 0. The first kappa shape index (κ1) is 13.9. The molecule has 0 unspecified atom stereocenters. The third kappa shape index (κ3) is 3.98. The number of pyridine rings is 1. The molecule has 17 heavy (non-hydrogen) atoms. The van der Waals surface area contributed by atoms with Crippen molar-refractivity contribution >= 4 is 0 Å². The summed E-state index contributed by atoms with van der Waals surface area (Å²) in [6, 6.07) is 3.72. The molecule has 0 amide bonds. The predicted octanol–water partition coefficient (Wildman–Crippen LogP) is 1.43. The number of unbranched alkanes of at least 4 members (excludes halogenated alkanes) is 1. The minimum absolute atomic E-state index is 0.00610. The molecule has 2 N–H and O–H groups in total. The van der Waals surface area contributed by atoms with Gasteiger partial charge in [-0.05, 0) is 19.4 Å². The Kier molecular flexibility index (Phi) is 5.94. The Morgan fingerprint density at radius 1 is 1.35 bits per heavy atom. The molecule has 0 aromatic carbocycles. The second-order valence-electron chi connectivity index (χ2n) is 4.13. The number of nitrogens with zero attached hydrogens (tertiary/aromatic N) is 1. The van der Waals surface area contributed by atoms with Gasteiger partial charge >= 0.3 is 0 Å². The van der Waals surface area contributed by atoms with Crippen LogP contribution >= 0.6 is 0 Å². The topological polar surface area (TPSA) is 57.2 Å². The average Bonchev–Trinajstić information content (AvgIpc) is 2.33. The normalized spacial score (nSPS) is 10.8. The van der Waals surface area contributed by atoms with E-state index in [1.807, 2.05) is 13.0 Å². The molecule has 4 heteroatoms. The number of aryl methyl sites for hydroxylation is 1. The number of aromatic nitrogens is 1. The maximum absolute atomic E-state index is 12.0. The van der Waals surface area contributed by atoms with Crippen LogP contribution in [0.2, 0.25) is 0 Å². The van der Waals surface area contributed by atoms with Gasteiger partial charge in [-0.25, -0.2) is 0 Å². The second-order valence-corrected chi connectivity index (χ2v) is 4.13. The van der Waals surface area contributed by atoms with Gasteiger partial charge in [-0.2, -0.15) is 0 Å². The molecule has 0 aliphatic carbocycles. The molecule has 0 atom stereocenters. The predicted molar refractivity (Wildman–Crippen MR) is 69.1 cm³/mol. The zero-order valence-corrected chi connectivity index (χ0v) is 10.7. The molecule has 0 spiro atoms. The molecule has 0 fully saturated rings. The third-order valence-corrected chi connectivity index (χ3v) is 2.79. The lowest BCUT2D eigenvalue weighted by Crippen LogP contribution is -2.28. The van der Waals surface area contributed by atoms with Gasteiger partial charge in [0.1, 0.15) is 0 Å². The van der Waals surface area contributed by atoms with Gasteiger partial charge in [-0.15, -0.1) is 0 Å². The highest BCUT2D eigenvalue weighted by atomic mass is 16.5. The van der Waals surface area contributed by atoms with Crippen LogP contribution in [0.5, 0.6) is 0 Å². The third-order valence-electron chi connectivity index (χ3n) is 2.79. The van der Waals surface area contributed by atoms with Crippen LogP contribution in [0.4, 0.5) is 0 Å². The van der Waals surface area contributed by atoms with E-state index in [0.717, 1.165) is 25.1 Å². The molecule has 0 bridgehead atoms. The first-order valence-electron chi connectivity index (χ1n) is 6.17. The van der Waals surface area contributed by atoms with Gasteiger partial charge in [0.15, 0.2) is 0 Å². The molecular formula is C13H22N2O2. The highest BCUT2D eigenvalue weighted by Gasteiger charge is 2.04. The Morgan fingerprint density at radius 3 is 2.76 bits per heavy atom. The smallest absolute Gasteiger partial charge is 0.255 e. The van der Waals surface area contributed by atoms with Crippen molar-refractivity contribution in [3.8, 4) is 0 Å². The van der Waals surface area contributed by atoms with E-state index in [2.05, 4.69) is 6.92 Å². The number of hydrogen-bond acceptors (Lipinski definition) is 3. The van der Waals surface area contributed by atoms with Crippen molar-refractivity contribution in [2.24, 2.45) is 5.73 Å². The Morgan fingerprint density at radius 2 is 2.12 bits per heavy atom. The molecule has 0 radical (unpaired) electrons. The highest BCUT2D eigenvalue weighted by Crippen LogP contribution is 1.98. The van der Waals surface area contributed by atoms with Crippen molar-refractivity contribution in [2.45, 2.75) is 39.8 Å². The zero-order valence-electron chi connectivity index (χ0n) is 10.7. The van der Waals surface area contributed by atoms with E-state index in [1.165, 1.54) is 0 Å². The molecule has 1 rings (SSSR count). The Balaban J connectivity index is 2.61. The van der Waals surface area contributed by atoms with Crippen LogP contribution in [-0.4, -0.2) is 17.8 Å². The maximum Gasteiger partial charge on any atom is 0.255 e. The van der Waals surface area contributed by atoms with Crippen molar-refractivity contribution in [2.75, 3.05) is 13.2 Å². The number of ether oxygens (including phenoxy) is 1. The first-order valence-corrected chi connectivity index (χ1v) is 6.17. The van der Waals surface area contributed by atoms with Gasteiger partial charge in [-0.3, -0.25) is 4.79 Å². The summed E-state index contributed by atoms with van der Waals surface area (Å²) in [6.45, 7) is 6.28. The lowest BCUT2D eigenvalue weighted by Gasteiger charge is -2.11. The zero-order chi connectivity index (χ0) is 12.7. The number of rotatable bonds is 7. The quantitative estimate of drug-likeness (QED) is 0.731. The molecule has 0 saturated heterocycles. The van der Waals surface area contributed by atoms with Gasteiger partial charge in [0.2, 0.25) is 0 Å². The van der Waals surface area contributed by atoms with Crippen LogP contribution in [0.3, 0.4) is 0 Å². The summed E-state index contributed by atoms with van der Waals surface area (Å²) >= 11 is 0. The minimum atomic E-state index is 0.00610. The van der Waals surface area contributed by atoms with Crippen LogP contribution in [0.1, 0.15) is 31.0 Å². The Labute approximate surface area is 102 Å². The van der Waals surface area contributed by atoms with Crippen LogP contribution < -0.4 is 11.3 Å². The summed E-state index contributed by atoms with van der Waals surface area (Å²) in [5.41, 5.74) is 7.13. The summed E-state index contributed by atoms with van der Waals surface area (Å²) < 4.78 is 7.20. The van der Waals surface area contributed by atoms with Crippen molar-refractivity contribution < 1.29 is 4.74 Å². The summed E-state index contributed by atoms with van der Waals surface area (Å²) in [4.78, 5) is 12.0. The van der Waals surface area contributed by atoms with E-state index in [4.69, 9.17) is 10.5 Å². The Bertz CT molecular complexity index is 399. The number of hydrogen-bond donors (Lipinski definition) is 1. The fraction of sp³-hybridized carbons (Fsp3) is 0.615. The van der Waals surface area contributed by atoms with Gasteiger partial charge in [0, 0.05) is 31.0 Å². The minimum Gasteiger partial charge on any atom is -0.380 e. The van der Waals surface area contributed by atoms with Crippen LogP contribution in [0.15, 0.2) is 16.9 Å². The second kappa shape index (κ2) is 7.25. The van der Waals surface area contributed by atoms with Gasteiger partial charge < -0.3 is 15.0 Å². The lowest BCUT2D eigenvalue weighted by atomic mass is 10.2. The fourth-order valence-electron chi connectivity index (χ4n) is 1.65. The molecule has 1 aromatic rings. The molecule has 96 valence electrons. The molecule has 1 aromatic heterocycles. The van der Waals surface area contributed by atoms with E-state index < -0.39 is 0 Å². The van der Waals surface area contributed by atoms with E-state index in [1.54, 1.807) is 10.6 Å². The van der Waals surface area contributed by atoms with Gasteiger partial charge in [0.25, 0.3) is 5.56 Å². The maximum atomic E-state index is 12.0. The van der Waals surface area contributed by atoms with Crippen molar-refractivity contribution in [1.82, 2.24) is 4.57 Å². The molecular weight excluding hydrogens is 216 g/mol. The first-order chi connectivity index (χ1) is 8.20. The van der Waals surface area contributed by atoms with Gasteiger partial charge in [0.05, 0.1) is 6.61 Å². The van der Waals surface area contributed by atoms with E-state index in [0.29, 0.717) is 18.7 Å².